The summed E-state index contributed by atoms with van der Waals surface area (Å²) >= 11 is 0. The highest BCUT2D eigenvalue weighted by molar-refractivity contribution is 5.96. The van der Waals surface area contributed by atoms with E-state index in [1.165, 1.54) is 0 Å². The minimum Gasteiger partial charge on any atom is -0.444 e. The molecule has 0 N–H and O–H groups in total. The normalized spacial score (nSPS) is 17.3. The molecule has 0 spiro atoms. The zero-order valence-electron chi connectivity index (χ0n) is 18.2. The van der Waals surface area contributed by atoms with Gasteiger partial charge in [0.05, 0.1) is 30.5 Å². The van der Waals surface area contributed by atoms with Gasteiger partial charge in [-0.1, -0.05) is 0 Å². The van der Waals surface area contributed by atoms with Gasteiger partial charge in [-0.3, -0.25) is 9.48 Å². The summed E-state index contributed by atoms with van der Waals surface area (Å²) in [5.74, 6) is 0.532. The van der Waals surface area contributed by atoms with E-state index in [2.05, 4.69) is 15.1 Å². The van der Waals surface area contributed by atoms with E-state index in [0.717, 1.165) is 24.1 Å². The fourth-order valence-electron chi connectivity index (χ4n) is 3.74. The van der Waals surface area contributed by atoms with Crippen molar-refractivity contribution < 1.29 is 14.3 Å². The zero-order valence-corrected chi connectivity index (χ0v) is 18.2. The fraction of sp³-hybridized carbons (Fsp3) is 0.571. The standard InChI is InChI=1S/C21H28N6O3/c1-14-10-22-18(23-11-14)21(6-7-21)25(5)17(28)15-12-24-27-9-8-26(13-16(15)27)19(29)30-20(2,3)4/h10-12H,6-9,13H2,1-5H3. The van der Waals surface area contributed by atoms with Crippen molar-refractivity contribution >= 4 is 12.0 Å². The third kappa shape index (κ3) is 3.64. The van der Waals surface area contributed by atoms with Gasteiger partial charge in [0.15, 0.2) is 5.82 Å². The first-order valence-electron chi connectivity index (χ1n) is 10.2. The van der Waals surface area contributed by atoms with Crippen LogP contribution in [0.15, 0.2) is 18.6 Å². The fourth-order valence-corrected chi connectivity index (χ4v) is 3.74. The van der Waals surface area contributed by atoms with Gasteiger partial charge in [-0.2, -0.15) is 5.10 Å². The zero-order chi connectivity index (χ0) is 21.7. The number of carbonyl (C=O) groups is 2. The number of aromatic nitrogens is 4. The molecule has 2 aromatic heterocycles. The molecule has 1 fully saturated rings. The summed E-state index contributed by atoms with van der Waals surface area (Å²) in [5.41, 5.74) is 1.17. The summed E-state index contributed by atoms with van der Waals surface area (Å²) in [6.07, 6.45) is 6.42. The molecule has 1 saturated carbocycles. The number of carbonyl (C=O) groups excluding carboxylic acids is 2. The maximum atomic E-state index is 13.4. The maximum absolute atomic E-state index is 13.4. The van der Waals surface area contributed by atoms with E-state index in [-0.39, 0.29) is 18.5 Å². The Morgan fingerprint density at radius 3 is 2.40 bits per heavy atom. The number of rotatable bonds is 3. The molecule has 30 heavy (non-hydrogen) atoms. The molecule has 0 bridgehead atoms. The molecule has 1 aliphatic heterocycles. The van der Waals surface area contributed by atoms with Crippen LogP contribution in [-0.4, -0.2) is 60.7 Å². The van der Waals surface area contributed by atoms with Crippen molar-refractivity contribution in [3.8, 4) is 0 Å². The van der Waals surface area contributed by atoms with Crippen LogP contribution in [0.25, 0.3) is 0 Å². The monoisotopic (exact) mass is 412 g/mol. The van der Waals surface area contributed by atoms with Gasteiger partial charge in [-0.25, -0.2) is 14.8 Å². The van der Waals surface area contributed by atoms with E-state index in [9.17, 15) is 9.59 Å². The predicted molar refractivity (Wildman–Crippen MR) is 109 cm³/mol. The van der Waals surface area contributed by atoms with Crippen LogP contribution < -0.4 is 0 Å². The van der Waals surface area contributed by atoms with Gasteiger partial charge in [0.2, 0.25) is 0 Å². The number of aryl methyl sites for hydroxylation is 1. The molecule has 9 nitrogen and oxygen atoms in total. The first-order valence-corrected chi connectivity index (χ1v) is 10.2. The third-order valence-electron chi connectivity index (χ3n) is 5.62. The molecule has 9 heteroatoms. The highest BCUT2D eigenvalue weighted by Gasteiger charge is 2.53. The molecular weight excluding hydrogens is 384 g/mol. The molecule has 2 aromatic rings. The van der Waals surface area contributed by atoms with E-state index in [1.807, 2.05) is 27.7 Å². The van der Waals surface area contributed by atoms with Gasteiger partial charge in [-0.05, 0) is 46.1 Å². The Morgan fingerprint density at radius 2 is 1.80 bits per heavy atom. The maximum Gasteiger partial charge on any atom is 0.410 e. The van der Waals surface area contributed by atoms with Gasteiger partial charge < -0.3 is 14.5 Å². The summed E-state index contributed by atoms with van der Waals surface area (Å²) in [7, 11) is 1.79. The van der Waals surface area contributed by atoms with E-state index in [4.69, 9.17) is 4.74 Å². The minimum atomic E-state index is -0.569. The van der Waals surface area contributed by atoms with E-state index in [0.29, 0.717) is 24.5 Å². The number of amides is 2. The number of fused-ring (bicyclic) bond motifs is 1. The first kappa shape index (κ1) is 20.3. The Morgan fingerprint density at radius 1 is 1.13 bits per heavy atom. The smallest absolute Gasteiger partial charge is 0.410 e. The van der Waals surface area contributed by atoms with Crippen molar-refractivity contribution in [2.45, 2.75) is 64.8 Å². The molecule has 160 valence electrons. The van der Waals surface area contributed by atoms with Gasteiger partial charge in [-0.15, -0.1) is 0 Å². The average molecular weight is 412 g/mol. The van der Waals surface area contributed by atoms with E-state index >= 15 is 0 Å². The molecular formula is C21H28N6O3. The SMILES string of the molecule is Cc1cnc(C2(N(C)C(=O)c3cnn4c3CN(C(=O)OC(C)(C)C)CC4)CC2)nc1. The van der Waals surface area contributed by atoms with Crippen molar-refractivity contribution in [2.24, 2.45) is 0 Å². The lowest BCUT2D eigenvalue weighted by molar-refractivity contribution is 0.0192. The molecule has 2 amide bonds. The largest absolute Gasteiger partial charge is 0.444 e. The van der Waals surface area contributed by atoms with Crippen molar-refractivity contribution in [3.63, 3.8) is 0 Å². The molecule has 1 aliphatic carbocycles. The van der Waals surface area contributed by atoms with Crippen molar-refractivity contribution in [2.75, 3.05) is 13.6 Å². The molecule has 0 unspecified atom stereocenters. The number of hydrogen-bond donors (Lipinski definition) is 0. The lowest BCUT2D eigenvalue weighted by Gasteiger charge is -2.31. The number of hydrogen-bond acceptors (Lipinski definition) is 6. The molecule has 2 aliphatic rings. The van der Waals surface area contributed by atoms with Crippen LogP contribution in [0.3, 0.4) is 0 Å². The van der Waals surface area contributed by atoms with Crippen LogP contribution in [0.2, 0.25) is 0 Å². The van der Waals surface area contributed by atoms with Crippen LogP contribution in [0.4, 0.5) is 4.79 Å². The van der Waals surface area contributed by atoms with Gasteiger partial charge in [0.1, 0.15) is 11.1 Å². The van der Waals surface area contributed by atoms with Crippen molar-refractivity contribution in [1.29, 1.82) is 0 Å². The quantitative estimate of drug-likeness (QED) is 0.769. The summed E-state index contributed by atoms with van der Waals surface area (Å²) in [5, 5.41) is 4.37. The Labute approximate surface area is 176 Å². The van der Waals surface area contributed by atoms with Crippen LogP contribution >= 0.6 is 0 Å². The van der Waals surface area contributed by atoms with E-state index < -0.39 is 11.1 Å². The molecule has 0 atom stereocenters. The summed E-state index contributed by atoms with van der Waals surface area (Å²) in [6.45, 7) is 8.76. The molecule has 4 rings (SSSR count). The lowest BCUT2D eigenvalue weighted by Crippen LogP contribution is -2.43. The highest BCUT2D eigenvalue weighted by Crippen LogP contribution is 2.49. The highest BCUT2D eigenvalue weighted by atomic mass is 16.6. The molecule has 0 saturated heterocycles. The van der Waals surface area contributed by atoms with Gasteiger partial charge in [0, 0.05) is 26.0 Å². The van der Waals surface area contributed by atoms with Crippen LogP contribution in [0, 0.1) is 6.92 Å². The number of nitrogens with zero attached hydrogens (tertiary/aromatic N) is 6. The molecule has 3 heterocycles. The first-order chi connectivity index (χ1) is 14.1. The molecule has 0 aromatic carbocycles. The van der Waals surface area contributed by atoms with Crippen LogP contribution in [0.1, 0.15) is 61.1 Å². The summed E-state index contributed by atoms with van der Waals surface area (Å²) < 4.78 is 7.29. The van der Waals surface area contributed by atoms with Crippen LogP contribution in [-0.2, 0) is 23.4 Å². The Balaban J connectivity index is 1.55. The Hall–Kier alpha value is -2.97. The summed E-state index contributed by atoms with van der Waals surface area (Å²) in [4.78, 5) is 38.2. The van der Waals surface area contributed by atoms with Gasteiger partial charge in [0.25, 0.3) is 5.91 Å². The third-order valence-corrected chi connectivity index (χ3v) is 5.62. The summed E-state index contributed by atoms with van der Waals surface area (Å²) in [6, 6.07) is 0. The minimum absolute atomic E-state index is 0.135. The number of ether oxygens (including phenoxy) is 1. The average Bonchev–Trinajstić information content (AvgIpc) is 3.39. The topological polar surface area (TPSA) is 93.5 Å². The predicted octanol–water partition coefficient (Wildman–Crippen LogP) is 2.49. The van der Waals surface area contributed by atoms with Crippen molar-refractivity contribution in [3.05, 3.63) is 41.2 Å². The van der Waals surface area contributed by atoms with Gasteiger partial charge >= 0.3 is 6.09 Å². The lowest BCUT2D eigenvalue weighted by atomic mass is 10.1. The Bertz CT molecular complexity index is 972. The molecule has 0 radical (unpaired) electrons. The second-order valence-corrected chi connectivity index (χ2v) is 9.11. The van der Waals surface area contributed by atoms with Crippen molar-refractivity contribution in [1.82, 2.24) is 29.5 Å². The van der Waals surface area contributed by atoms with E-state index in [1.54, 1.807) is 40.1 Å². The van der Waals surface area contributed by atoms with Crippen LogP contribution in [0.5, 0.6) is 0 Å². The second-order valence-electron chi connectivity index (χ2n) is 9.11. The second kappa shape index (κ2) is 7.07. The Kier molecular flexibility index (Phi) is 4.79.